The largest absolute Gasteiger partial charge is 0.494 e. The van der Waals surface area contributed by atoms with Crippen LogP contribution in [-0.4, -0.2) is 42.3 Å². The number of carbonyl (C=O) groups is 3. The minimum Gasteiger partial charge on any atom is -0.494 e. The smallest absolute Gasteiger partial charge is 0.341 e. The van der Waals surface area contributed by atoms with Gasteiger partial charge in [0.05, 0.1) is 12.8 Å². The summed E-state index contributed by atoms with van der Waals surface area (Å²) in [4.78, 5) is 34.3. The quantitative estimate of drug-likeness (QED) is 0.360. The van der Waals surface area contributed by atoms with Crippen LogP contribution < -0.4 is 20.2 Å². The van der Waals surface area contributed by atoms with Gasteiger partial charge >= 0.3 is 17.8 Å². The predicted molar refractivity (Wildman–Crippen MR) is 102 cm³/mol. The van der Waals surface area contributed by atoms with Crippen molar-refractivity contribution in [3.63, 3.8) is 0 Å². The first-order chi connectivity index (χ1) is 13.5. The monoisotopic (exact) mass is 385 g/mol. The topological polar surface area (TPSA) is 126 Å². The van der Waals surface area contributed by atoms with Crippen LogP contribution in [0.4, 0.5) is 5.69 Å². The Kier molecular flexibility index (Phi) is 7.53. The van der Waals surface area contributed by atoms with Crippen LogP contribution >= 0.6 is 0 Å². The molecule has 2 aromatic carbocycles. The minimum absolute atomic E-state index is 0.279. The molecule has 0 radical (unpaired) electrons. The lowest BCUT2D eigenvalue weighted by Crippen LogP contribution is -2.32. The van der Waals surface area contributed by atoms with Gasteiger partial charge in [-0.1, -0.05) is 12.1 Å². The molecule has 2 rings (SSSR count). The number of nitrogens with one attached hydrogen (secondary N) is 2. The van der Waals surface area contributed by atoms with Gasteiger partial charge in [0, 0.05) is 11.3 Å². The molecule has 2 aromatic rings. The van der Waals surface area contributed by atoms with Crippen molar-refractivity contribution in [2.75, 3.05) is 18.5 Å². The number of amides is 2. The van der Waals surface area contributed by atoms with E-state index in [1.807, 2.05) is 6.92 Å². The summed E-state index contributed by atoms with van der Waals surface area (Å²) < 4.78 is 10.4. The van der Waals surface area contributed by atoms with Crippen molar-refractivity contribution < 1.29 is 29.0 Å². The van der Waals surface area contributed by atoms with E-state index in [1.165, 1.54) is 6.21 Å². The first kappa shape index (κ1) is 20.4. The van der Waals surface area contributed by atoms with Gasteiger partial charge in [-0.25, -0.2) is 10.2 Å². The van der Waals surface area contributed by atoms with Crippen molar-refractivity contribution in [1.29, 1.82) is 0 Å². The number of nitrogens with zero attached hydrogens (tertiary/aromatic N) is 1. The SMILES string of the molecule is CCOc1ccc(NC(=O)C(=O)N/N=C\c2ccccc2OCC(=O)O)cc1. The van der Waals surface area contributed by atoms with Crippen LogP contribution in [0.2, 0.25) is 0 Å². The van der Waals surface area contributed by atoms with Crippen LogP contribution in [0.5, 0.6) is 11.5 Å². The average molecular weight is 385 g/mol. The fourth-order valence-corrected chi connectivity index (χ4v) is 2.06. The van der Waals surface area contributed by atoms with Crippen LogP contribution in [0.1, 0.15) is 12.5 Å². The van der Waals surface area contributed by atoms with E-state index in [9.17, 15) is 14.4 Å². The second kappa shape index (κ2) is 10.3. The number of hydrogen-bond donors (Lipinski definition) is 3. The Morgan fingerprint density at radius 1 is 1.04 bits per heavy atom. The summed E-state index contributed by atoms with van der Waals surface area (Å²) in [6, 6.07) is 13.1. The van der Waals surface area contributed by atoms with E-state index >= 15 is 0 Å². The molecule has 2 amide bonds. The van der Waals surface area contributed by atoms with Gasteiger partial charge in [-0.15, -0.1) is 0 Å². The summed E-state index contributed by atoms with van der Waals surface area (Å²) >= 11 is 0. The predicted octanol–water partition coefficient (Wildman–Crippen LogP) is 1.64. The summed E-state index contributed by atoms with van der Waals surface area (Å²) in [6.07, 6.45) is 1.25. The van der Waals surface area contributed by atoms with E-state index in [1.54, 1.807) is 48.5 Å². The lowest BCUT2D eigenvalue weighted by atomic mass is 10.2. The molecule has 3 N–H and O–H groups in total. The fraction of sp³-hybridized carbons (Fsp3) is 0.158. The molecule has 0 aliphatic rings. The van der Waals surface area contributed by atoms with Gasteiger partial charge in [0.15, 0.2) is 6.61 Å². The van der Waals surface area contributed by atoms with E-state index in [4.69, 9.17) is 14.6 Å². The fourth-order valence-electron chi connectivity index (χ4n) is 2.06. The van der Waals surface area contributed by atoms with Crippen LogP contribution in [0, 0.1) is 0 Å². The molecule has 0 spiro atoms. The van der Waals surface area contributed by atoms with Gasteiger partial charge in [0.25, 0.3) is 0 Å². The standard InChI is InChI=1S/C19H19N3O6/c1-2-27-15-9-7-14(8-10-15)21-18(25)19(26)22-20-11-13-5-3-4-6-16(13)28-12-17(23)24/h3-11H,2,12H2,1H3,(H,21,25)(H,22,26)(H,23,24)/b20-11-. The highest BCUT2D eigenvalue weighted by Gasteiger charge is 2.13. The molecule has 0 unspecified atom stereocenters. The summed E-state index contributed by atoms with van der Waals surface area (Å²) in [6.45, 7) is 1.87. The van der Waals surface area contributed by atoms with Crippen LogP contribution in [0.3, 0.4) is 0 Å². The highest BCUT2D eigenvalue weighted by atomic mass is 16.5. The lowest BCUT2D eigenvalue weighted by Gasteiger charge is -2.07. The number of carbonyl (C=O) groups excluding carboxylic acids is 2. The maximum absolute atomic E-state index is 11.9. The molecule has 0 saturated carbocycles. The average Bonchev–Trinajstić information content (AvgIpc) is 2.68. The molecule has 0 aliphatic carbocycles. The maximum Gasteiger partial charge on any atom is 0.341 e. The van der Waals surface area contributed by atoms with Crippen LogP contribution in [-0.2, 0) is 14.4 Å². The number of para-hydroxylation sites is 1. The van der Waals surface area contributed by atoms with Crippen molar-refractivity contribution in [3.8, 4) is 11.5 Å². The number of aliphatic carboxylic acids is 1. The number of rotatable bonds is 8. The molecule has 0 aliphatic heterocycles. The Hall–Kier alpha value is -3.88. The molecule has 146 valence electrons. The Bertz CT molecular complexity index is 864. The molecule has 0 bridgehead atoms. The molecule has 9 nitrogen and oxygen atoms in total. The molecular weight excluding hydrogens is 366 g/mol. The first-order valence-electron chi connectivity index (χ1n) is 8.30. The summed E-state index contributed by atoms with van der Waals surface area (Å²) in [5.41, 5.74) is 2.97. The summed E-state index contributed by atoms with van der Waals surface area (Å²) in [5.74, 6) is -2.04. The van der Waals surface area contributed by atoms with Crippen molar-refractivity contribution in [2.45, 2.75) is 6.92 Å². The highest BCUT2D eigenvalue weighted by molar-refractivity contribution is 6.39. The number of hydrogen-bond acceptors (Lipinski definition) is 6. The third-order valence-corrected chi connectivity index (χ3v) is 3.27. The Balaban J connectivity index is 1.90. The Morgan fingerprint density at radius 3 is 2.43 bits per heavy atom. The van der Waals surface area contributed by atoms with Gasteiger partial charge in [-0.3, -0.25) is 9.59 Å². The van der Waals surface area contributed by atoms with E-state index in [-0.39, 0.29) is 5.75 Å². The van der Waals surface area contributed by atoms with Gasteiger partial charge in [-0.2, -0.15) is 5.10 Å². The van der Waals surface area contributed by atoms with Gasteiger partial charge < -0.3 is 19.9 Å². The molecule has 0 saturated heterocycles. The van der Waals surface area contributed by atoms with Crippen LogP contribution in [0.15, 0.2) is 53.6 Å². The number of anilines is 1. The molecule has 0 atom stereocenters. The second-order valence-electron chi connectivity index (χ2n) is 5.33. The molecule has 0 fully saturated rings. The van der Waals surface area contributed by atoms with Crippen molar-refractivity contribution >= 4 is 29.7 Å². The molecule has 0 aromatic heterocycles. The molecule has 9 heteroatoms. The Morgan fingerprint density at radius 2 is 1.75 bits per heavy atom. The highest BCUT2D eigenvalue weighted by Crippen LogP contribution is 2.16. The van der Waals surface area contributed by atoms with Gasteiger partial charge in [-0.05, 0) is 43.3 Å². The van der Waals surface area contributed by atoms with E-state index in [0.29, 0.717) is 23.6 Å². The van der Waals surface area contributed by atoms with E-state index in [2.05, 4.69) is 15.8 Å². The number of benzene rings is 2. The molecule has 0 heterocycles. The first-order valence-corrected chi connectivity index (χ1v) is 8.30. The van der Waals surface area contributed by atoms with Crippen molar-refractivity contribution in [2.24, 2.45) is 5.10 Å². The van der Waals surface area contributed by atoms with Gasteiger partial charge in [0.1, 0.15) is 11.5 Å². The number of carboxylic acids is 1. The summed E-state index contributed by atoms with van der Waals surface area (Å²) in [7, 11) is 0. The second-order valence-corrected chi connectivity index (χ2v) is 5.33. The third kappa shape index (κ3) is 6.45. The van der Waals surface area contributed by atoms with E-state index < -0.39 is 24.4 Å². The maximum atomic E-state index is 11.9. The summed E-state index contributed by atoms with van der Waals surface area (Å²) in [5, 5.41) is 14.8. The number of ether oxygens (including phenoxy) is 2. The zero-order valence-electron chi connectivity index (χ0n) is 15.0. The zero-order chi connectivity index (χ0) is 20.4. The van der Waals surface area contributed by atoms with Crippen molar-refractivity contribution in [1.82, 2.24) is 5.43 Å². The Labute approximate surface area is 161 Å². The molecule has 28 heavy (non-hydrogen) atoms. The lowest BCUT2D eigenvalue weighted by molar-refractivity contribution is -0.139. The van der Waals surface area contributed by atoms with Crippen LogP contribution in [0.25, 0.3) is 0 Å². The number of carboxylic acid groups (broad SMARTS) is 1. The molecular formula is C19H19N3O6. The normalized spacial score (nSPS) is 10.3. The third-order valence-electron chi connectivity index (χ3n) is 3.27. The van der Waals surface area contributed by atoms with Crippen molar-refractivity contribution in [3.05, 3.63) is 54.1 Å². The van der Waals surface area contributed by atoms with Gasteiger partial charge in [0.2, 0.25) is 0 Å². The van der Waals surface area contributed by atoms with E-state index in [0.717, 1.165) is 0 Å². The number of hydrazone groups is 1. The minimum atomic E-state index is -1.12. The zero-order valence-corrected chi connectivity index (χ0v) is 15.0.